The van der Waals surface area contributed by atoms with Crippen molar-refractivity contribution in [2.24, 2.45) is 17.6 Å². The fourth-order valence-electron chi connectivity index (χ4n) is 2.33. The molecule has 0 atom stereocenters. The van der Waals surface area contributed by atoms with Gasteiger partial charge in [0, 0.05) is 17.8 Å². The van der Waals surface area contributed by atoms with Gasteiger partial charge in [0.2, 0.25) is 0 Å². The van der Waals surface area contributed by atoms with Crippen LogP contribution in [-0.4, -0.2) is 16.0 Å². The highest BCUT2D eigenvalue weighted by Crippen LogP contribution is 2.45. The van der Waals surface area contributed by atoms with Crippen LogP contribution in [0.5, 0.6) is 0 Å². The maximum Gasteiger partial charge on any atom is 0.126 e. The Labute approximate surface area is 107 Å². The molecule has 3 N–H and O–H groups in total. The lowest BCUT2D eigenvalue weighted by atomic mass is 10.1. The van der Waals surface area contributed by atoms with E-state index in [0.717, 1.165) is 23.2 Å². The minimum atomic E-state index is 0.407. The third kappa shape index (κ3) is 2.57. The van der Waals surface area contributed by atoms with Crippen molar-refractivity contribution < 1.29 is 0 Å². The van der Waals surface area contributed by atoms with Gasteiger partial charge in [-0.05, 0) is 49.7 Å². The Kier molecular flexibility index (Phi) is 2.74. The maximum atomic E-state index is 5.55. The van der Waals surface area contributed by atoms with Crippen LogP contribution >= 0.6 is 12.2 Å². The van der Waals surface area contributed by atoms with Crippen molar-refractivity contribution in [2.45, 2.75) is 31.7 Å². The summed E-state index contributed by atoms with van der Waals surface area (Å²) in [5.74, 6) is 2.70. The fraction of sp³-hybridized carbons (Fsp3) is 0.538. The number of anilines is 1. The first-order valence-electron chi connectivity index (χ1n) is 6.26. The van der Waals surface area contributed by atoms with Crippen LogP contribution in [0.15, 0.2) is 18.3 Å². The largest absolute Gasteiger partial charge is 0.389 e. The summed E-state index contributed by atoms with van der Waals surface area (Å²) < 4.78 is 0. The van der Waals surface area contributed by atoms with Crippen molar-refractivity contribution in [3.63, 3.8) is 0 Å². The smallest absolute Gasteiger partial charge is 0.126 e. The van der Waals surface area contributed by atoms with E-state index in [4.69, 9.17) is 18.0 Å². The lowest BCUT2D eigenvalue weighted by Gasteiger charge is -2.18. The topological polar surface area (TPSA) is 50.9 Å². The van der Waals surface area contributed by atoms with Gasteiger partial charge in [0.1, 0.15) is 10.8 Å². The summed E-state index contributed by atoms with van der Waals surface area (Å²) in [6.45, 7) is 0. The molecule has 17 heavy (non-hydrogen) atoms. The summed E-state index contributed by atoms with van der Waals surface area (Å²) in [5, 5.41) is 3.57. The minimum absolute atomic E-state index is 0.407. The Morgan fingerprint density at radius 2 is 1.94 bits per heavy atom. The standard InChI is InChI=1S/C13H17N3S/c14-13(17)10-5-6-11(15-7-10)16-12(8-1-2-8)9-3-4-9/h5-9,12H,1-4H2,(H2,14,17)(H,15,16). The molecule has 2 fully saturated rings. The van der Waals surface area contributed by atoms with E-state index < -0.39 is 0 Å². The number of hydrogen-bond donors (Lipinski definition) is 2. The predicted molar refractivity (Wildman–Crippen MR) is 73.0 cm³/mol. The van der Waals surface area contributed by atoms with Gasteiger partial charge < -0.3 is 11.1 Å². The summed E-state index contributed by atoms with van der Waals surface area (Å²) in [6, 6.07) is 4.55. The molecule has 1 aromatic heterocycles. The van der Waals surface area contributed by atoms with Crippen molar-refractivity contribution in [3.8, 4) is 0 Å². The van der Waals surface area contributed by atoms with Gasteiger partial charge in [-0.3, -0.25) is 0 Å². The number of rotatable bonds is 5. The SMILES string of the molecule is NC(=S)c1ccc(NC(C2CC2)C2CC2)nc1. The Hall–Kier alpha value is -1.16. The number of nitrogens with zero attached hydrogens (tertiary/aromatic N) is 1. The summed E-state index contributed by atoms with van der Waals surface area (Å²) in [7, 11) is 0. The van der Waals surface area contributed by atoms with Gasteiger partial charge in [0.15, 0.2) is 0 Å². The van der Waals surface area contributed by atoms with Crippen LogP contribution in [0.2, 0.25) is 0 Å². The molecule has 2 aliphatic rings. The van der Waals surface area contributed by atoms with Crippen LogP contribution < -0.4 is 11.1 Å². The molecule has 0 saturated heterocycles. The Bertz CT molecular complexity index is 409. The van der Waals surface area contributed by atoms with Crippen LogP contribution in [0.25, 0.3) is 0 Å². The van der Waals surface area contributed by atoms with Crippen LogP contribution in [0.4, 0.5) is 5.82 Å². The summed E-state index contributed by atoms with van der Waals surface area (Å²) in [4.78, 5) is 4.79. The van der Waals surface area contributed by atoms with E-state index in [9.17, 15) is 0 Å². The van der Waals surface area contributed by atoms with Gasteiger partial charge in [0.05, 0.1) is 0 Å². The molecule has 0 unspecified atom stereocenters. The van der Waals surface area contributed by atoms with Crippen LogP contribution in [-0.2, 0) is 0 Å². The third-order valence-electron chi connectivity index (χ3n) is 3.62. The molecule has 2 saturated carbocycles. The molecule has 0 radical (unpaired) electrons. The zero-order valence-corrected chi connectivity index (χ0v) is 10.5. The summed E-state index contributed by atoms with van der Waals surface area (Å²) in [6.07, 6.45) is 7.25. The molecule has 0 amide bonds. The van der Waals surface area contributed by atoms with E-state index in [0.29, 0.717) is 11.0 Å². The second kappa shape index (κ2) is 4.26. The van der Waals surface area contributed by atoms with Gasteiger partial charge >= 0.3 is 0 Å². The molecular formula is C13H17N3S. The quantitative estimate of drug-likeness (QED) is 0.784. The molecule has 0 aromatic carbocycles. The first-order valence-corrected chi connectivity index (χ1v) is 6.67. The van der Waals surface area contributed by atoms with Crippen molar-refractivity contribution in [1.29, 1.82) is 0 Å². The number of nitrogens with one attached hydrogen (secondary N) is 1. The highest BCUT2D eigenvalue weighted by molar-refractivity contribution is 7.80. The van der Waals surface area contributed by atoms with Gasteiger partial charge in [0.25, 0.3) is 0 Å². The molecule has 2 aliphatic carbocycles. The van der Waals surface area contributed by atoms with E-state index in [1.165, 1.54) is 25.7 Å². The van der Waals surface area contributed by atoms with Gasteiger partial charge in [-0.25, -0.2) is 4.98 Å². The highest BCUT2D eigenvalue weighted by Gasteiger charge is 2.41. The average Bonchev–Trinajstić information content (AvgIpc) is 3.17. The zero-order valence-electron chi connectivity index (χ0n) is 9.73. The Morgan fingerprint density at radius 1 is 1.29 bits per heavy atom. The molecule has 0 spiro atoms. The van der Waals surface area contributed by atoms with Gasteiger partial charge in [-0.1, -0.05) is 12.2 Å². The highest BCUT2D eigenvalue weighted by atomic mass is 32.1. The molecule has 90 valence electrons. The van der Waals surface area contributed by atoms with E-state index >= 15 is 0 Å². The van der Waals surface area contributed by atoms with Crippen molar-refractivity contribution >= 4 is 23.0 Å². The van der Waals surface area contributed by atoms with E-state index in [2.05, 4.69) is 10.3 Å². The first-order chi connectivity index (χ1) is 8.24. The second-order valence-corrected chi connectivity index (χ2v) is 5.58. The zero-order chi connectivity index (χ0) is 11.8. The monoisotopic (exact) mass is 247 g/mol. The molecule has 0 bridgehead atoms. The molecule has 0 aliphatic heterocycles. The summed E-state index contributed by atoms with van der Waals surface area (Å²) >= 11 is 4.91. The minimum Gasteiger partial charge on any atom is -0.389 e. The molecule has 1 aromatic rings. The summed E-state index contributed by atoms with van der Waals surface area (Å²) in [5.41, 5.74) is 6.39. The van der Waals surface area contributed by atoms with E-state index in [1.807, 2.05) is 12.1 Å². The lowest BCUT2D eigenvalue weighted by Crippen LogP contribution is -2.24. The first kappa shape index (κ1) is 11.0. The predicted octanol–water partition coefficient (Wildman–Crippen LogP) is 2.32. The molecular weight excluding hydrogens is 230 g/mol. The number of nitrogens with two attached hydrogens (primary N) is 1. The normalized spacial score (nSPS) is 19.4. The van der Waals surface area contributed by atoms with Crippen LogP contribution in [0.3, 0.4) is 0 Å². The van der Waals surface area contributed by atoms with Gasteiger partial charge in [-0.15, -0.1) is 0 Å². The number of aromatic nitrogens is 1. The van der Waals surface area contributed by atoms with Crippen LogP contribution in [0, 0.1) is 11.8 Å². The number of pyridine rings is 1. The van der Waals surface area contributed by atoms with E-state index in [1.54, 1.807) is 6.20 Å². The second-order valence-electron chi connectivity index (χ2n) is 5.14. The molecule has 4 heteroatoms. The van der Waals surface area contributed by atoms with Crippen molar-refractivity contribution in [2.75, 3.05) is 5.32 Å². The average molecular weight is 247 g/mol. The Morgan fingerprint density at radius 3 is 2.35 bits per heavy atom. The van der Waals surface area contributed by atoms with Crippen molar-refractivity contribution in [1.82, 2.24) is 4.98 Å². The fourth-order valence-corrected chi connectivity index (χ4v) is 2.45. The van der Waals surface area contributed by atoms with Crippen molar-refractivity contribution in [3.05, 3.63) is 23.9 Å². The number of hydrogen-bond acceptors (Lipinski definition) is 3. The maximum absolute atomic E-state index is 5.55. The lowest BCUT2D eigenvalue weighted by molar-refractivity contribution is 0.566. The Balaban J connectivity index is 1.68. The molecule has 3 rings (SSSR count). The third-order valence-corrected chi connectivity index (χ3v) is 3.86. The molecule has 1 heterocycles. The van der Waals surface area contributed by atoms with Crippen LogP contribution in [0.1, 0.15) is 31.2 Å². The molecule has 3 nitrogen and oxygen atoms in total. The van der Waals surface area contributed by atoms with Gasteiger partial charge in [-0.2, -0.15) is 0 Å². The number of thiocarbonyl (C=S) groups is 1. The van der Waals surface area contributed by atoms with E-state index in [-0.39, 0.29) is 0 Å².